The summed E-state index contributed by atoms with van der Waals surface area (Å²) >= 11 is 0. The van der Waals surface area contributed by atoms with Crippen LogP contribution in [-0.4, -0.2) is 13.1 Å². The molecular weight excluding hydrogens is 264 g/mol. The summed E-state index contributed by atoms with van der Waals surface area (Å²) in [5.41, 5.74) is 9.99. The van der Waals surface area contributed by atoms with E-state index in [0.29, 0.717) is 17.7 Å². The summed E-state index contributed by atoms with van der Waals surface area (Å²) in [6.07, 6.45) is 0.855. The van der Waals surface area contributed by atoms with Crippen molar-refractivity contribution in [1.29, 1.82) is 5.26 Å². The van der Waals surface area contributed by atoms with Gasteiger partial charge in [0.15, 0.2) is 0 Å². The van der Waals surface area contributed by atoms with Gasteiger partial charge in [0.05, 0.1) is 25.2 Å². The molecule has 2 rings (SSSR count). The van der Waals surface area contributed by atoms with E-state index in [1.54, 1.807) is 12.1 Å². The molecule has 0 saturated carbocycles. The van der Waals surface area contributed by atoms with E-state index in [-0.39, 0.29) is 12.4 Å². The average Bonchev–Trinajstić information content (AvgIpc) is 2.50. The lowest BCUT2D eigenvalue weighted by molar-refractivity contribution is -0.139. The van der Waals surface area contributed by atoms with Crippen molar-refractivity contribution in [2.24, 2.45) is 0 Å². The molecule has 0 radical (unpaired) electrons. The molecule has 0 aromatic heterocycles. The number of esters is 1. The van der Waals surface area contributed by atoms with Crippen LogP contribution in [0.3, 0.4) is 0 Å². The van der Waals surface area contributed by atoms with Crippen LogP contribution in [0, 0.1) is 11.3 Å². The molecule has 0 aliphatic rings. The number of nitrogen functional groups attached to an aromatic ring is 1. The van der Waals surface area contributed by atoms with Crippen molar-refractivity contribution < 1.29 is 9.53 Å². The first-order valence-electron chi connectivity index (χ1n) is 6.56. The molecular formula is C17H16N2O2. The molecule has 4 heteroatoms. The fourth-order valence-corrected chi connectivity index (χ4v) is 2.16. The van der Waals surface area contributed by atoms with Crippen molar-refractivity contribution in [2.75, 3.05) is 12.8 Å². The zero-order valence-corrected chi connectivity index (χ0v) is 11.8. The minimum atomic E-state index is -0.268. The SMILES string of the molecule is COC(=O)Cc1ccccc1Cc1ccc(C#N)cc1N. The normalized spacial score (nSPS) is 9.90. The van der Waals surface area contributed by atoms with Crippen LogP contribution in [-0.2, 0) is 22.4 Å². The quantitative estimate of drug-likeness (QED) is 0.689. The second kappa shape index (κ2) is 6.58. The van der Waals surface area contributed by atoms with Gasteiger partial charge in [-0.3, -0.25) is 4.79 Å². The van der Waals surface area contributed by atoms with Crippen molar-refractivity contribution in [3.63, 3.8) is 0 Å². The van der Waals surface area contributed by atoms with Crippen LogP contribution in [0.1, 0.15) is 22.3 Å². The molecule has 2 aromatic carbocycles. The average molecular weight is 280 g/mol. The number of hydrogen-bond acceptors (Lipinski definition) is 4. The van der Waals surface area contributed by atoms with Crippen molar-refractivity contribution >= 4 is 11.7 Å². The first-order valence-corrected chi connectivity index (χ1v) is 6.56. The van der Waals surface area contributed by atoms with Crippen molar-refractivity contribution in [3.05, 3.63) is 64.7 Å². The summed E-state index contributed by atoms with van der Waals surface area (Å²) < 4.78 is 4.71. The Labute approximate surface area is 123 Å². The Balaban J connectivity index is 2.28. The molecule has 0 aliphatic heterocycles. The summed E-state index contributed by atoms with van der Waals surface area (Å²) in [5.74, 6) is -0.268. The molecule has 0 heterocycles. The fraction of sp³-hybridized carbons (Fsp3) is 0.176. The van der Waals surface area contributed by atoms with Gasteiger partial charge in [-0.25, -0.2) is 0 Å². The number of nitriles is 1. The minimum Gasteiger partial charge on any atom is -0.469 e. The predicted octanol–water partition coefficient (Wildman–Crippen LogP) is 2.45. The number of methoxy groups -OCH3 is 1. The van der Waals surface area contributed by atoms with Crippen molar-refractivity contribution in [2.45, 2.75) is 12.8 Å². The molecule has 0 spiro atoms. The molecule has 0 saturated heterocycles. The molecule has 0 fully saturated rings. The Morgan fingerprint density at radius 3 is 2.52 bits per heavy atom. The van der Waals surface area contributed by atoms with Crippen LogP contribution < -0.4 is 5.73 Å². The number of benzene rings is 2. The van der Waals surface area contributed by atoms with Gasteiger partial charge < -0.3 is 10.5 Å². The number of anilines is 1. The van der Waals surface area contributed by atoms with Gasteiger partial charge in [-0.15, -0.1) is 0 Å². The van der Waals surface area contributed by atoms with E-state index in [0.717, 1.165) is 16.7 Å². The number of carbonyl (C=O) groups is 1. The largest absolute Gasteiger partial charge is 0.469 e. The minimum absolute atomic E-state index is 0.239. The molecule has 106 valence electrons. The Bertz CT molecular complexity index is 702. The second-order valence-electron chi connectivity index (χ2n) is 4.72. The van der Waals surface area contributed by atoms with Gasteiger partial charge in [0, 0.05) is 5.69 Å². The highest BCUT2D eigenvalue weighted by Gasteiger charge is 2.10. The second-order valence-corrected chi connectivity index (χ2v) is 4.72. The van der Waals surface area contributed by atoms with E-state index in [4.69, 9.17) is 15.7 Å². The summed E-state index contributed by atoms with van der Waals surface area (Å²) in [7, 11) is 1.38. The Kier molecular flexibility index (Phi) is 4.57. The Hall–Kier alpha value is -2.80. The summed E-state index contributed by atoms with van der Waals surface area (Å²) in [6, 6.07) is 15.0. The molecule has 0 bridgehead atoms. The van der Waals surface area contributed by atoms with Gasteiger partial charge >= 0.3 is 5.97 Å². The molecule has 0 atom stereocenters. The summed E-state index contributed by atoms with van der Waals surface area (Å²) in [4.78, 5) is 11.5. The highest BCUT2D eigenvalue weighted by molar-refractivity contribution is 5.73. The maximum atomic E-state index is 11.5. The van der Waals surface area contributed by atoms with Gasteiger partial charge in [0.25, 0.3) is 0 Å². The smallest absolute Gasteiger partial charge is 0.309 e. The van der Waals surface area contributed by atoms with Crippen LogP contribution in [0.25, 0.3) is 0 Å². The van der Waals surface area contributed by atoms with Crippen molar-refractivity contribution in [1.82, 2.24) is 0 Å². The fourth-order valence-electron chi connectivity index (χ4n) is 2.16. The molecule has 0 aliphatic carbocycles. The van der Waals surface area contributed by atoms with Gasteiger partial charge in [-0.2, -0.15) is 5.26 Å². The number of ether oxygens (including phenoxy) is 1. The van der Waals surface area contributed by atoms with E-state index in [9.17, 15) is 4.79 Å². The third-order valence-electron chi connectivity index (χ3n) is 3.34. The lowest BCUT2D eigenvalue weighted by Gasteiger charge is -2.10. The van der Waals surface area contributed by atoms with Crippen LogP contribution in [0.2, 0.25) is 0 Å². The van der Waals surface area contributed by atoms with Gasteiger partial charge in [0.2, 0.25) is 0 Å². The first-order chi connectivity index (χ1) is 10.1. The molecule has 0 unspecified atom stereocenters. The molecule has 2 N–H and O–H groups in total. The van der Waals surface area contributed by atoms with E-state index >= 15 is 0 Å². The van der Waals surface area contributed by atoms with Crippen LogP contribution in [0.4, 0.5) is 5.69 Å². The lowest BCUT2D eigenvalue weighted by atomic mass is 9.96. The monoisotopic (exact) mass is 280 g/mol. The van der Waals surface area contributed by atoms with E-state index in [1.807, 2.05) is 30.3 Å². The Morgan fingerprint density at radius 1 is 1.19 bits per heavy atom. The number of rotatable bonds is 4. The van der Waals surface area contributed by atoms with E-state index in [1.165, 1.54) is 7.11 Å². The van der Waals surface area contributed by atoms with Gasteiger partial charge in [-0.1, -0.05) is 30.3 Å². The van der Waals surface area contributed by atoms with Gasteiger partial charge in [0.1, 0.15) is 0 Å². The first kappa shape index (κ1) is 14.6. The van der Waals surface area contributed by atoms with Crippen LogP contribution in [0.15, 0.2) is 42.5 Å². The molecule has 4 nitrogen and oxygen atoms in total. The molecule has 0 amide bonds. The van der Waals surface area contributed by atoms with Crippen LogP contribution >= 0.6 is 0 Å². The van der Waals surface area contributed by atoms with Crippen LogP contribution in [0.5, 0.6) is 0 Å². The molecule has 2 aromatic rings. The van der Waals surface area contributed by atoms with E-state index in [2.05, 4.69) is 6.07 Å². The van der Waals surface area contributed by atoms with Gasteiger partial charge in [-0.05, 0) is 35.2 Å². The standard InChI is InChI=1S/C17H16N2O2/c1-21-17(20)10-14-5-3-2-4-13(14)9-15-7-6-12(11-18)8-16(15)19/h2-8H,9-10,19H2,1H3. The third-order valence-corrected chi connectivity index (χ3v) is 3.34. The zero-order chi connectivity index (χ0) is 15.2. The number of nitrogens with two attached hydrogens (primary N) is 1. The summed E-state index contributed by atoms with van der Waals surface area (Å²) in [5, 5.41) is 8.86. The lowest BCUT2D eigenvalue weighted by Crippen LogP contribution is -2.07. The highest BCUT2D eigenvalue weighted by Crippen LogP contribution is 2.20. The number of nitrogens with zero attached hydrogens (tertiary/aromatic N) is 1. The Morgan fingerprint density at radius 2 is 1.90 bits per heavy atom. The maximum absolute atomic E-state index is 11.5. The molecule has 21 heavy (non-hydrogen) atoms. The summed E-state index contributed by atoms with van der Waals surface area (Å²) in [6.45, 7) is 0. The third kappa shape index (κ3) is 3.61. The topological polar surface area (TPSA) is 76.1 Å². The predicted molar refractivity (Wildman–Crippen MR) is 80.5 cm³/mol. The zero-order valence-electron chi connectivity index (χ0n) is 11.8. The maximum Gasteiger partial charge on any atom is 0.309 e. The highest BCUT2D eigenvalue weighted by atomic mass is 16.5. The van der Waals surface area contributed by atoms with Crippen molar-refractivity contribution in [3.8, 4) is 6.07 Å². The van der Waals surface area contributed by atoms with E-state index < -0.39 is 0 Å². The number of hydrogen-bond donors (Lipinski definition) is 1. The number of carbonyl (C=O) groups excluding carboxylic acids is 1.